The summed E-state index contributed by atoms with van der Waals surface area (Å²) in [4.78, 5) is 21.4. The monoisotopic (exact) mass is 203 g/mol. The summed E-state index contributed by atoms with van der Waals surface area (Å²) in [5.74, 6) is 0. The lowest BCUT2D eigenvalue weighted by Crippen LogP contribution is -2.16. The molecule has 67 valence electrons. The minimum absolute atomic E-state index is 0.0328. The van der Waals surface area contributed by atoms with Crippen molar-refractivity contribution in [3.63, 3.8) is 0 Å². The molecular formula is C7H14BO2P2. The normalized spacial score (nSPS) is 10.5. The van der Waals surface area contributed by atoms with Crippen molar-refractivity contribution in [2.75, 3.05) is 6.16 Å². The Labute approximate surface area is 78.4 Å². The molecule has 0 aromatic heterocycles. The molecule has 0 fully saturated rings. The van der Waals surface area contributed by atoms with Gasteiger partial charge in [0.25, 0.3) is 7.28 Å². The summed E-state index contributed by atoms with van der Waals surface area (Å²) in [6.45, 7) is 1.40. The molecule has 0 aromatic rings. The standard InChI is InChI=1S/C7H14BO2P2/c1-6(9)8-7(10)4-2-3-5-12-11/h12H,2-5,11H2,1H3. The molecule has 0 aliphatic heterocycles. The Morgan fingerprint density at radius 1 is 1.42 bits per heavy atom. The Bertz CT molecular complexity index is 161. The third-order valence-electron chi connectivity index (χ3n) is 1.36. The Kier molecular flexibility index (Phi) is 8.06. The molecule has 0 rings (SSSR count). The number of unbranched alkanes of at least 4 members (excludes halogenated alkanes) is 1. The SMILES string of the molecule is CC(=O)[B]C(=O)CCCCPP. The van der Waals surface area contributed by atoms with Crippen LogP contribution in [0.4, 0.5) is 0 Å². The average molecular weight is 203 g/mol. The highest BCUT2D eigenvalue weighted by Gasteiger charge is 2.06. The quantitative estimate of drug-likeness (QED) is 0.356. The smallest absolute Gasteiger partial charge is 0.290 e. The summed E-state index contributed by atoms with van der Waals surface area (Å²) in [7, 11) is 4.75. The van der Waals surface area contributed by atoms with Gasteiger partial charge in [-0.2, -0.15) is 0 Å². The first kappa shape index (κ1) is 12.3. The van der Waals surface area contributed by atoms with Gasteiger partial charge < -0.3 is 9.59 Å². The molecular weight excluding hydrogens is 189 g/mol. The van der Waals surface area contributed by atoms with Gasteiger partial charge in [-0.1, -0.05) is 0 Å². The lowest BCUT2D eigenvalue weighted by Gasteiger charge is -1.96. The fourth-order valence-electron chi connectivity index (χ4n) is 0.825. The van der Waals surface area contributed by atoms with Gasteiger partial charge in [-0.3, -0.25) is 0 Å². The zero-order chi connectivity index (χ0) is 9.40. The highest BCUT2D eigenvalue weighted by atomic mass is 32.0. The number of rotatable bonds is 7. The summed E-state index contributed by atoms with van der Waals surface area (Å²) >= 11 is 0. The molecule has 0 aromatic carbocycles. The third kappa shape index (κ3) is 8.36. The second-order valence-electron chi connectivity index (χ2n) is 2.63. The maximum atomic E-state index is 10.9. The van der Waals surface area contributed by atoms with Gasteiger partial charge >= 0.3 is 0 Å². The highest BCUT2D eigenvalue weighted by molar-refractivity contribution is 8.02. The molecule has 0 spiro atoms. The Hall–Kier alpha value is 0.265. The van der Waals surface area contributed by atoms with E-state index in [1.807, 2.05) is 0 Å². The van der Waals surface area contributed by atoms with Crippen LogP contribution in [0.3, 0.4) is 0 Å². The van der Waals surface area contributed by atoms with Crippen molar-refractivity contribution in [3.05, 3.63) is 0 Å². The largest absolute Gasteiger partial charge is 0.312 e. The van der Waals surface area contributed by atoms with Crippen LogP contribution < -0.4 is 0 Å². The molecule has 2 unspecified atom stereocenters. The number of hydrogen-bond acceptors (Lipinski definition) is 2. The molecule has 0 saturated carbocycles. The number of hydrogen-bond donors (Lipinski definition) is 0. The summed E-state index contributed by atoms with van der Waals surface area (Å²) in [6, 6.07) is 0. The van der Waals surface area contributed by atoms with E-state index in [1.165, 1.54) is 14.2 Å². The fraction of sp³-hybridized carbons (Fsp3) is 0.714. The molecule has 0 N–H and O–H groups in total. The van der Waals surface area contributed by atoms with Crippen molar-refractivity contribution in [3.8, 4) is 0 Å². The van der Waals surface area contributed by atoms with Crippen LogP contribution in [0.1, 0.15) is 26.2 Å². The van der Waals surface area contributed by atoms with Gasteiger partial charge in [0.05, 0.1) is 11.4 Å². The van der Waals surface area contributed by atoms with Gasteiger partial charge in [-0.05, 0) is 32.3 Å². The third-order valence-corrected chi connectivity index (χ3v) is 2.87. The van der Waals surface area contributed by atoms with E-state index < -0.39 is 0 Å². The van der Waals surface area contributed by atoms with Crippen molar-refractivity contribution in [1.29, 1.82) is 0 Å². The molecule has 2 atom stereocenters. The summed E-state index contributed by atoms with van der Waals surface area (Å²) in [5.41, 5.74) is -0.178. The van der Waals surface area contributed by atoms with Gasteiger partial charge in [0.1, 0.15) is 0 Å². The first-order valence-electron chi connectivity index (χ1n) is 3.98. The van der Waals surface area contributed by atoms with Crippen molar-refractivity contribution in [2.45, 2.75) is 26.2 Å². The lowest BCUT2D eigenvalue weighted by atomic mass is 9.68. The molecule has 0 aliphatic carbocycles. The lowest BCUT2D eigenvalue weighted by molar-refractivity contribution is -0.114. The van der Waals surface area contributed by atoms with Gasteiger partial charge in [0.2, 0.25) is 0 Å². The van der Waals surface area contributed by atoms with E-state index >= 15 is 0 Å². The van der Waals surface area contributed by atoms with E-state index in [9.17, 15) is 9.59 Å². The first-order chi connectivity index (χ1) is 5.66. The van der Waals surface area contributed by atoms with Crippen LogP contribution in [-0.2, 0) is 9.59 Å². The van der Waals surface area contributed by atoms with Crippen molar-refractivity contribution < 1.29 is 9.59 Å². The number of carbonyl (C=O) groups excluding carboxylic acids is 2. The first-order valence-corrected chi connectivity index (χ1v) is 7.00. The van der Waals surface area contributed by atoms with Crippen LogP contribution in [-0.4, -0.2) is 24.8 Å². The average Bonchev–Trinajstić information content (AvgIpc) is 1.97. The highest BCUT2D eigenvalue weighted by Crippen LogP contribution is 2.21. The van der Waals surface area contributed by atoms with E-state index in [2.05, 4.69) is 8.93 Å². The van der Waals surface area contributed by atoms with Crippen molar-refractivity contribution >= 4 is 35.8 Å². The second-order valence-corrected chi connectivity index (χ2v) is 4.77. The van der Waals surface area contributed by atoms with Crippen LogP contribution in [0.25, 0.3) is 0 Å². The molecule has 0 heterocycles. The molecule has 0 bridgehead atoms. The molecule has 0 amide bonds. The predicted molar refractivity (Wildman–Crippen MR) is 58.2 cm³/mol. The summed E-state index contributed by atoms with van der Waals surface area (Å²) in [6.07, 6.45) is 3.68. The summed E-state index contributed by atoms with van der Waals surface area (Å²) in [5, 5.41) is 0. The molecule has 0 saturated heterocycles. The van der Waals surface area contributed by atoms with Crippen LogP contribution in [0, 0.1) is 0 Å². The Morgan fingerprint density at radius 3 is 2.58 bits per heavy atom. The van der Waals surface area contributed by atoms with Crippen LogP contribution in [0.15, 0.2) is 0 Å². The zero-order valence-electron chi connectivity index (χ0n) is 7.30. The predicted octanol–water partition coefficient (Wildman–Crippen LogP) is 1.40. The van der Waals surface area contributed by atoms with E-state index in [4.69, 9.17) is 0 Å². The van der Waals surface area contributed by atoms with Gasteiger partial charge in [0.15, 0.2) is 0 Å². The van der Waals surface area contributed by atoms with E-state index in [0.29, 0.717) is 6.42 Å². The maximum absolute atomic E-state index is 10.9. The van der Waals surface area contributed by atoms with Crippen LogP contribution in [0.5, 0.6) is 0 Å². The molecule has 0 aliphatic rings. The molecule has 1 radical (unpaired) electrons. The Balaban J connectivity index is 3.26. The van der Waals surface area contributed by atoms with E-state index in [0.717, 1.165) is 27.3 Å². The van der Waals surface area contributed by atoms with Crippen LogP contribution in [0.2, 0.25) is 0 Å². The minimum atomic E-state index is -0.145. The molecule has 12 heavy (non-hydrogen) atoms. The molecule has 2 nitrogen and oxygen atoms in total. The maximum Gasteiger partial charge on any atom is 0.290 e. The van der Waals surface area contributed by atoms with E-state index in [-0.39, 0.29) is 11.4 Å². The van der Waals surface area contributed by atoms with Crippen molar-refractivity contribution in [1.82, 2.24) is 0 Å². The van der Waals surface area contributed by atoms with E-state index in [1.54, 1.807) is 0 Å². The zero-order valence-corrected chi connectivity index (χ0v) is 9.45. The van der Waals surface area contributed by atoms with Gasteiger partial charge in [-0.25, -0.2) is 0 Å². The minimum Gasteiger partial charge on any atom is -0.312 e. The summed E-state index contributed by atoms with van der Waals surface area (Å²) < 4.78 is 0. The van der Waals surface area contributed by atoms with Crippen LogP contribution >= 0.6 is 17.2 Å². The number of carbonyl (C=O) groups is 2. The van der Waals surface area contributed by atoms with Gasteiger partial charge in [0, 0.05) is 0 Å². The second kappa shape index (κ2) is 7.89. The Morgan fingerprint density at radius 2 is 2.08 bits per heavy atom. The van der Waals surface area contributed by atoms with Gasteiger partial charge in [-0.15, -0.1) is 17.2 Å². The molecule has 5 heteroatoms. The topological polar surface area (TPSA) is 34.1 Å². The van der Waals surface area contributed by atoms with Crippen molar-refractivity contribution in [2.24, 2.45) is 0 Å². The fourth-order valence-corrected chi connectivity index (χ4v) is 1.89.